The third-order valence-electron chi connectivity index (χ3n) is 3.69. The number of alkyl halides is 3. The van der Waals surface area contributed by atoms with Gasteiger partial charge in [-0.25, -0.2) is 0 Å². The Morgan fingerprint density at radius 2 is 1.68 bits per heavy atom. The highest BCUT2D eigenvalue weighted by molar-refractivity contribution is 5.81. The maximum atomic E-state index is 12.3. The summed E-state index contributed by atoms with van der Waals surface area (Å²) in [7, 11) is 0. The molecule has 0 aliphatic rings. The Kier molecular flexibility index (Phi) is 5.51. The van der Waals surface area contributed by atoms with Crippen LogP contribution >= 0.6 is 0 Å². The second kappa shape index (κ2) is 7.42. The second-order valence-corrected chi connectivity index (χ2v) is 5.20. The molecule has 0 aliphatic carbocycles. The van der Waals surface area contributed by atoms with Crippen molar-refractivity contribution in [3.63, 3.8) is 0 Å². The summed E-state index contributed by atoms with van der Waals surface area (Å²) in [4.78, 5) is 12.6. The molecule has 0 saturated carbocycles. The molecule has 0 amide bonds. The number of hydrogen-bond donors (Lipinski definition) is 0. The number of nitro benzene ring substituents is 1. The molecule has 5 nitrogen and oxygen atoms in total. The SMILES string of the molecule is CCN(CC)c1ccc([N+](=O)[O-])cc1-c1ccc(OC(F)(F)F)cc1. The highest BCUT2D eigenvalue weighted by Gasteiger charge is 2.31. The van der Waals surface area contributed by atoms with Crippen LogP contribution in [0.3, 0.4) is 0 Å². The lowest BCUT2D eigenvalue weighted by molar-refractivity contribution is -0.384. The summed E-state index contributed by atoms with van der Waals surface area (Å²) in [6, 6.07) is 9.77. The number of halogens is 3. The summed E-state index contributed by atoms with van der Waals surface area (Å²) in [6.07, 6.45) is -4.76. The first-order chi connectivity index (χ1) is 11.7. The van der Waals surface area contributed by atoms with Gasteiger partial charge < -0.3 is 9.64 Å². The first-order valence-electron chi connectivity index (χ1n) is 7.64. The van der Waals surface area contributed by atoms with Crippen molar-refractivity contribution in [2.75, 3.05) is 18.0 Å². The number of nitro groups is 1. The molecule has 0 unspecified atom stereocenters. The van der Waals surface area contributed by atoms with Crippen molar-refractivity contribution in [2.24, 2.45) is 0 Å². The van der Waals surface area contributed by atoms with Gasteiger partial charge in [-0.15, -0.1) is 13.2 Å². The van der Waals surface area contributed by atoms with Gasteiger partial charge >= 0.3 is 6.36 Å². The van der Waals surface area contributed by atoms with Crippen molar-refractivity contribution < 1.29 is 22.8 Å². The topological polar surface area (TPSA) is 55.6 Å². The number of benzene rings is 2. The maximum Gasteiger partial charge on any atom is 0.573 e. The first-order valence-corrected chi connectivity index (χ1v) is 7.64. The smallest absolute Gasteiger partial charge is 0.406 e. The van der Waals surface area contributed by atoms with Crippen LogP contribution in [0.25, 0.3) is 11.1 Å². The van der Waals surface area contributed by atoms with Crippen molar-refractivity contribution in [1.82, 2.24) is 0 Å². The fraction of sp³-hybridized carbons (Fsp3) is 0.294. The fourth-order valence-corrected chi connectivity index (χ4v) is 2.55. The Labute approximate surface area is 142 Å². The molecule has 0 aromatic heterocycles. The van der Waals surface area contributed by atoms with Gasteiger partial charge in [0, 0.05) is 36.5 Å². The van der Waals surface area contributed by atoms with E-state index in [9.17, 15) is 23.3 Å². The van der Waals surface area contributed by atoms with Crippen molar-refractivity contribution in [1.29, 1.82) is 0 Å². The number of anilines is 1. The summed E-state index contributed by atoms with van der Waals surface area (Å²) < 4.78 is 40.6. The standard InChI is InChI=1S/C17H17F3N2O3/c1-3-21(4-2)16-10-7-13(22(23)24)11-15(16)12-5-8-14(9-6-12)25-17(18,19)20/h5-11H,3-4H2,1-2H3. The molecule has 2 rings (SSSR count). The van der Waals surface area contributed by atoms with Crippen LogP contribution in [-0.4, -0.2) is 24.4 Å². The maximum absolute atomic E-state index is 12.3. The van der Waals surface area contributed by atoms with Gasteiger partial charge in [-0.3, -0.25) is 10.1 Å². The van der Waals surface area contributed by atoms with Crippen LogP contribution in [0.4, 0.5) is 24.5 Å². The Hall–Kier alpha value is -2.77. The summed E-state index contributed by atoms with van der Waals surface area (Å²) >= 11 is 0. The van der Waals surface area contributed by atoms with Gasteiger partial charge in [0.05, 0.1) is 4.92 Å². The van der Waals surface area contributed by atoms with Crippen LogP contribution in [0.2, 0.25) is 0 Å². The summed E-state index contributed by atoms with van der Waals surface area (Å²) in [5.74, 6) is -0.342. The van der Waals surface area contributed by atoms with Crippen molar-refractivity contribution in [3.8, 4) is 16.9 Å². The third-order valence-corrected chi connectivity index (χ3v) is 3.69. The third kappa shape index (κ3) is 4.62. The van der Waals surface area contributed by atoms with E-state index in [4.69, 9.17) is 0 Å². The number of ether oxygens (including phenoxy) is 1. The molecule has 0 radical (unpaired) electrons. The summed E-state index contributed by atoms with van der Waals surface area (Å²) in [6.45, 7) is 5.29. The molecule has 0 N–H and O–H groups in total. The summed E-state index contributed by atoms with van der Waals surface area (Å²) in [5, 5.41) is 11.1. The minimum Gasteiger partial charge on any atom is -0.406 e. The highest BCUT2D eigenvalue weighted by Crippen LogP contribution is 2.35. The lowest BCUT2D eigenvalue weighted by Crippen LogP contribution is -2.22. The van der Waals surface area contributed by atoms with E-state index in [1.165, 1.54) is 36.4 Å². The zero-order valence-corrected chi connectivity index (χ0v) is 13.7. The molecule has 0 saturated heterocycles. The van der Waals surface area contributed by atoms with E-state index >= 15 is 0 Å². The Bertz CT molecular complexity index is 742. The van der Waals surface area contributed by atoms with E-state index in [1.54, 1.807) is 6.07 Å². The molecule has 8 heteroatoms. The number of non-ortho nitro benzene ring substituents is 1. The first kappa shape index (κ1) is 18.6. The van der Waals surface area contributed by atoms with Gasteiger partial charge in [-0.2, -0.15) is 0 Å². The zero-order valence-electron chi connectivity index (χ0n) is 13.7. The zero-order chi connectivity index (χ0) is 18.6. The van der Waals surface area contributed by atoms with Crippen molar-refractivity contribution >= 4 is 11.4 Å². The van der Waals surface area contributed by atoms with Crippen LogP contribution < -0.4 is 9.64 Å². The van der Waals surface area contributed by atoms with Gasteiger partial charge in [0.15, 0.2) is 0 Å². The Morgan fingerprint density at radius 1 is 1.08 bits per heavy atom. The molecule has 0 fully saturated rings. The van der Waals surface area contributed by atoms with E-state index in [1.807, 2.05) is 18.7 Å². The van der Waals surface area contributed by atoms with Crippen LogP contribution in [-0.2, 0) is 0 Å². The van der Waals surface area contributed by atoms with Crippen LogP contribution in [0, 0.1) is 10.1 Å². The molecule has 2 aromatic carbocycles. The molecule has 0 bridgehead atoms. The van der Waals surface area contributed by atoms with E-state index in [0.29, 0.717) is 24.2 Å². The lowest BCUT2D eigenvalue weighted by atomic mass is 10.0. The molecule has 25 heavy (non-hydrogen) atoms. The minimum absolute atomic E-state index is 0.0819. The van der Waals surface area contributed by atoms with Gasteiger partial charge in [-0.05, 0) is 37.6 Å². The lowest BCUT2D eigenvalue weighted by Gasteiger charge is -2.24. The van der Waals surface area contributed by atoms with E-state index < -0.39 is 11.3 Å². The number of rotatable bonds is 6. The Balaban J connectivity index is 2.48. The number of nitrogens with zero attached hydrogens (tertiary/aromatic N) is 2. The van der Waals surface area contributed by atoms with Crippen LogP contribution in [0.15, 0.2) is 42.5 Å². The minimum atomic E-state index is -4.76. The van der Waals surface area contributed by atoms with Crippen LogP contribution in [0.1, 0.15) is 13.8 Å². The van der Waals surface area contributed by atoms with Gasteiger partial charge in [0.25, 0.3) is 5.69 Å². The van der Waals surface area contributed by atoms with E-state index in [2.05, 4.69) is 4.74 Å². The van der Waals surface area contributed by atoms with Crippen molar-refractivity contribution in [3.05, 3.63) is 52.6 Å². The fourth-order valence-electron chi connectivity index (χ4n) is 2.55. The van der Waals surface area contributed by atoms with Gasteiger partial charge in [-0.1, -0.05) is 12.1 Å². The molecular formula is C17H17F3N2O3. The molecule has 0 aliphatic heterocycles. The molecule has 0 heterocycles. The second-order valence-electron chi connectivity index (χ2n) is 5.20. The van der Waals surface area contributed by atoms with Gasteiger partial charge in [0.1, 0.15) is 5.75 Å². The van der Waals surface area contributed by atoms with Gasteiger partial charge in [0.2, 0.25) is 0 Å². The predicted molar refractivity (Wildman–Crippen MR) is 88.8 cm³/mol. The molecule has 0 spiro atoms. The van der Waals surface area contributed by atoms with E-state index in [-0.39, 0.29) is 11.4 Å². The largest absolute Gasteiger partial charge is 0.573 e. The highest BCUT2D eigenvalue weighted by atomic mass is 19.4. The monoisotopic (exact) mass is 354 g/mol. The average Bonchev–Trinajstić information content (AvgIpc) is 2.55. The molecule has 134 valence electrons. The van der Waals surface area contributed by atoms with E-state index in [0.717, 1.165) is 5.69 Å². The number of hydrogen-bond acceptors (Lipinski definition) is 4. The average molecular weight is 354 g/mol. The molecule has 0 atom stereocenters. The predicted octanol–water partition coefficient (Wildman–Crippen LogP) is 5.01. The summed E-state index contributed by atoms with van der Waals surface area (Å²) in [5.41, 5.74) is 1.85. The van der Waals surface area contributed by atoms with Crippen LogP contribution in [0.5, 0.6) is 5.75 Å². The van der Waals surface area contributed by atoms with Crippen molar-refractivity contribution in [2.45, 2.75) is 20.2 Å². The normalized spacial score (nSPS) is 11.2. The molecular weight excluding hydrogens is 337 g/mol. The molecule has 2 aromatic rings. The quantitative estimate of drug-likeness (QED) is 0.541. The Morgan fingerprint density at radius 3 is 2.16 bits per heavy atom.